The number of terminal acetylenes is 1. The van der Waals surface area contributed by atoms with Gasteiger partial charge >= 0.3 is 5.97 Å². The lowest BCUT2D eigenvalue weighted by molar-refractivity contribution is 0.0691. The van der Waals surface area contributed by atoms with Gasteiger partial charge < -0.3 is 10.4 Å². The molecule has 0 saturated carbocycles. The normalized spacial score (nSPS) is 11.6. The first kappa shape index (κ1) is 13.3. The molecular weight excluding hydrogens is 240 g/mol. The van der Waals surface area contributed by atoms with Gasteiger partial charge in [0, 0.05) is 12.5 Å². The van der Waals surface area contributed by atoms with E-state index in [1.807, 2.05) is 6.92 Å². The fourth-order valence-electron chi connectivity index (χ4n) is 1.32. The predicted octanol–water partition coefficient (Wildman–Crippen LogP) is 2.65. The molecule has 1 atom stereocenters. The summed E-state index contributed by atoms with van der Waals surface area (Å²) in [5.41, 5.74) is -0.160. The van der Waals surface area contributed by atoms with Crippen molar-refractivity contribution in [3.63, 3.8) is 0 Å². The smallest absolute Gasteiger partial charge is 0.356 e. The zero-order valence-corrected chi connectivity index (χ0v) is 10.2. The Hall–Kier alpha value is -1.73. The molecule has 17 heavy (non-hydrogen) atoms. The Balaban J connectivity index is 2.89. The first-order chi connectivity index (χ1) is 8.08. The highest BCUT2D eigenvalue weighted by Gasteiger charge is 2.12. The molecule has 0 bridgehead atoms. The minimum absolute atomic E-state index is 0.0790. The highest BCUT2D eigenvalue weighted by Crippen LogP contribution is 2.18. The minimum atomic E-state index is -1.15. The summed E-state index contributed by atoms with van der Waals surface area (Å²) in [6.07, 6.45) is 6.62. The monoisotopic (exact) mass is 252 g/mol. The van der Waals surface area contributed by atoms with Crippen molar-refractivity contribution in [2.45, 2.75) is 25.8 Å². The van der Waals surface area contributed by atoms with Gasteiger partial charge in [-0.2, -0.15) is 0 Å². The van der Waals surface area contributed by atoms with Crippen molar-refractivity contribution in [3.05, 3.63) is 22.8 Å². The van der Waals surface area contributed by atoms with Crippen LogP contribution in [0.3, 0.4) is 0 Å². The van der Waals surface area contributed by atoms with E-state index >= 15 is 0 Å². The van der Waals surface area contributed by atoms with Gasteiger partial charge in [0.2, 0.25) is 0 Å². The van der Waals surface area contributed by atoms with Crippen LogP contribution >= 0.6 is 11.6 Å². The SMILES string of the molecule is C#CCC(CC)Nc1ccc(Cl)c(C(=O)O)n1. The van der Waals surface area contributed by atoms with Crippen LogP contribution in [0.1, 0.15) is 30.3 Å². The van der Waals surface area contributed by atoms with Gasteiger partial charge in [-0.25, -0.2) is 9.78 Å². The molecule has 0 aliphatic carbocycles. The molecule has 0 fully saturated rings. The van der Waals surface area contributed by atoms with Crippen molar-refractivity contribution in [1.29, 1.82) is 0 Å². The van der Waals surface area contributed by atoms with Gasteiger partial charge in [-0.3, -0.25) is 0 Å². The molecule has 1 heterocycles. The van der Waals surface area contributed by atoms with Gasteiger partial charge in [-0.05, 0) is 18.6 Å². The van der Waals surface area contributed by atoms with Gasteiger partial charge in [0.1, 0.15) is 5.82 Å². The summed E-state index contributed by atoms with van der Waals surface area (Å²) in [6, 6.07) is 3.21. The van der Waals surface area contributed by atoms with Crippen LogP contribution in [0.4, 0.5) is 5.82 Å². The maximum absolute atomic E-state index is 10.8. The first-order valence-electron chi connectivity index (χ1n) is 5.18. The largest absolute Gasteiger partial charge is 0.476 e. The number of hydrogen-bond acceptors (Lipinski definition) is 3. The van der Waals surface area contributed by atoms with Crippen LogP contribution in [-0.2, 0) is 0 Å². The van der Waals surface area contributed by atoms with E-state index in [0.29, 0.717) is 12.2 Å². The van der Waals surface area contributed by atoms with Crippen LogP contribution in [0.25, 0.3) is 0 Å². The maximum atomic E-state index is 10.8. The molecule has 0 aromatic carbocycles. The minimum Gasteiger partial charge on any atom is -0.476 e. The van der Waals surface area contributed by atoms with Gasteiger partial charge in [-0.15, -0.1) is 12.3 Å². The fraction of sp³-hybridized carbons (Fsp3) is 0.333. The second-order valence-corrected chi connectivity index (χ2v) is 3.90. The average Bonchev–Trinajstić information content (AvgIpc) is 2.30. The number of hydrogen-bond donors (Lipinski definition) is 2. The number of aromatic carboxylic acids is 1. The van der Waals surface area contributed by atoms with Crippen molar-refractivity contribution >= 4 is 23.4 Å². The molecule has 0 aliphatic heterocycles. The average molecular weight is 253 g/mol. The summed E-state index contributed by atoms with van der Waals surface area (Å²) in [7, 11) is 0. The standard InChI is InChI=1S/C12H13ClN2O2/c1-3-5-8(4-2)14-10-7-6-9(13)11(15-10)12(16)17/h1,6-8H,4-5H2,2H3,(H,14,15)(H,16,17). The van der Waals surface area contributed by atoms with E-state index in [9.17, 15) is 4.79 Å². The molecule has 0 aliphatic rings. The topological polar surface area (TPSA) is 62.2 Å². The Morgan fingerprint density at radius 2 is 2.41 bits per heavy atom. The number of carboxylic acids is 1. The zero-order chi connectivity index (χ0) is 12.8. The van der Waals surface area contributed by atoms with Crippen molar-refractivity contribution in [2.24, 2.45) is 0 Å². The molecule has 1 unspecified atom stereocenters. The Morgan fingerprint density at radius 1 is 1.71 bits per heavy atom. The summed E-state index contributed by atoms with van der Waals surface area (Å²) in [5.74, 6) is 1.87. The summed E-state index contributed by atoms with van der Waals surface area (Å²) < 4.78 is 0. The quantitative estimate of drug-likeness (QED) is 0.791. The highest BCUT2D eigenvalue weighted by molar-refractivity contribution is 6.33. The molecule has 0 spiro atoms. The number of halogens is 1. The third-order valence-corrected chi connectivity index (χ3v) is 2.56. The van der Waals surface area contributed by atoms with Gasteiger partial charge in [0.15, 0.2) is 5.69 Å². The van der Waals surface area contributed by atoms with Gasteiger partial charge in [0.25, 0.3) is 0 Å². The van der Waals surface area contributed by atoms with E-state index in [-0.39, 0.29) is 16.8 Å². The number of carboxylic acid groups (broad SMARTS) is 1. The summed E-state index contributed by atoms with van der Waals surface area (Å²) in [6.45, 7) is 1.99. The lowest BCUT2D eigenvalue weighted by Crippen LogP contribution is -2.19. The molecule has 1 aromatic heterocycles. The van der Waals surface area contributed by atoms with E-state index in [1.165, 1.54) is 6.07 Å². The Labute approximate surface area is 105 Å². The second kappa shape index (κ2) is 6.12. The summed E-state index contributed by atoms with van der Waals surface area (Å²) in [4.78, 5) is 14.8. The second-order valence-electron chi connectivity index (χ2n) is 3.49. The molecule has 90 valence electrons. The Kier molecular flexibility index (Phi) is 4.80. The van der Waals surface area contributed by atoms with Crippen LogP contribution in [-0.4, -0.2) is 22.1 Å². The third-order valence-electron chi connectivity index (χ3n) is 2.26. The van der Waals surface area contributed by atoms with Crippen molar-refractivity contribution in [1.82, 2.24) is 4.98 Å². The van der Waals surface area contributed by atoms with Crippen LogP contribution < -0.4 is 5.32 Å². The predicted molar refractivity (Wildman–Crippen MR) is 67.4 cm³/mol. The number of nitrogens with one attached hydrogen (secondary N) is 1. The molecule has 5 heteroatoms. The van der Waals surface area contributed by atoms with E-state index < -0.39 is 5.97 Å². The molecule has 0 amide bonds. The Morgan fingerprint density at radius 3 is 2.94 bits per heavy atom. The van der Waals surface area contributed by atoms with Crippen LogP contribution in [0.5, 0.6) is 0 Å². The molecule has 2 N–H and O–H groups in total. The highest BCUT2D eigenvalue weighted by atomic mass is 35.5. The van der Waals surface area contributed by atoms with Gasteiger partial charge in [0.05, 0.1) is 5.02 Å². The summed E-state index contributed by atoms with van der Waals surface area (Å²) >= 11 is 5.72. The number of carbonyl (C=O) groups is 1. The van der Waals surface area contributed by atoms with Crippen molar-refractivity contribution < 1.29 is 9.90 Å². The van der Waals surface area contributed by atoms with E-state index in [1.54, 1.807) is 6.07 Å². The first-order valence-corrected chi connectivity index (χ1v) is 5.56. The lowest BCUT2D eigenvalue weighted by Gasteiger charge is -2.15. The molecule has 1 rings (SSSR count). The van der Waals surface area contributed by atoms with Crippen molar-refractivity contribution in [3.8, 4) is 12.3 Å². The Bertz CT molecular complexity index is 454. The number of rotatable bonds is 5. The number of nitrogens with zero attached hydrogens (tertiary/aromatic N) is 1. The van der Waals surface area contributed by atoms with Crippen LogP contribution in [0.2, 0.25) is 5.02 Å². The molecule has 0 saturated heterocycles. The van der Waals surface area contributed by atoms with Gasteiger partial charge in [-0.1, -0.05) is 18.5 Å². The summed E-state index contributed by atoms with van der Waals surface area (Å²) in [5, 5.41) is 12.1. The molecule has 1 aromatic rings. The number of pyridine rings is 1. The van der Waals surface area contributed by atoms with E-state index in [4.69, 9.17) is 23.1 Å². The maximum Gasteiger partial charge on any atom is 0.356 e. The lowest BCUT2D eigenvalue weighted by atomic mass is 10.1. The number of aromatic nitrogens is 1. The molecule has 0 radical (unpaired) electrons. The third kappa shape index (κ3) is 3.65. The number of anilines is 1. The fourth-order valence-corrected chi connectivity index (χ4v) is 1.51. The molecular formula is C12H13ClN2O2. The van der Waals surface area contributed by atoms with Crippen LogP contribution in [0.15, 0.2) is 12.1 Å². The van der Waals surface area contributed by atoms with Crippen molar-refractivity contribution in [2.75, 3.05) is 5.32 Å². The zero-order valence-electron chi connectivity index (χ0n) is 9.40. The van der Waals surface area contributed by atoms with E-state index in [0.717, 1.165) is 6.42 Å². The molecule has 4 nitrogen and oxygen atoms in total. The van der Waals surface area contributed by atoms with Crippen LogP contribution in [0, 0.1) is 12.3 Å². The van der Waals surface area contributed by atoms with E-state index in [2.05, 4.69) is 16.2 Å².